The number of hydrogen-bond donors (Lipinski definition) is 2. The number of carbonyl (C=O) groups is 1. The van der Waals surface area contributed by atoms with E-state index in [0.717, 1.165) is 37.9 Å². The van der Waals surface area contributed by atoms with E-state index in [1.165, 1.54) is 12.1 Å². The second kappa shape index (κ2) is 7.22. The van der Waals surface area contributed by atoms with Gasteiger partial charge in [-0.3, -0.25) is 4.79 Å². The first-order chi connectivity index (χ1) is 11.6. The number of rotatable bonds is 2. The van der Waals surface area contributed by atoms with Gasteiger partial charge in [0.05, 0.1) is 6.04 Å². The molecular formula is C19H26ClFN2O2. The third kappa shape index (κ3) is 3.29. The molecule has 2 heterocycles. The SMILES string of the molecule is Cl.O=C(N1C[C@@H]2CNC[C@@H]2[C@H]1c1cccc(F)c1)C1(O)CCCCC1. The molecular weight excluding hydrogens is 343 g/mol. The number of amides is 1. The first-order valence-electron chi connectivity index (χ1n) is 9.08. The minimum Gasteiger partial charge on any atom is -0.380 e. The predicted octanol–water partition coefficient (Wildman–Crippen LogP) is 2.66. The molecule has 0 aromatic heterocycles. The molecule has 6 heteroatoms. The molecule has 3 atom stereocenters. The van der Waals surface area contributed by atoms with Gasteiger partial charge in [-0.1, -0.05) is 31.4 Å². The Morgan fingerprint density at radius 3 is 2.72 bits per heavy atom. The number of benzene rings is 1. The third-order valence-electron chi connectivity index (χ3n) is 6.09. The highest BCUT2D eigenvalue weighted by atomic mass is 35.5. The highest BCUT2D eigenvalue weighted by Crippen LogP contribution is 2.45. The molecule has 1 aromatic carbocycles. The summed E-state index contributed by atoms with van der Waals surface area (Å²) in [5.74, 6) is 0.258. The van der Waals surface area contributed by atoms with Gasteiger partial charge in [0, 0.05) is 25.6 Å². The Labute approximate surface area is 154 Å². The number of aliphatic hydroxyl groups is 1. The highest BCUT2D eigenvalue weighted by Gasteiger charge is 2.51. The summed E-state index contributed by atoms with van der Waals surface area (Å²) in [6, 6.07) is 6.44. The molecule has 1 amide bonds. The third-order valence-corrected chi connectivity index (χ3v) is 6.09. The van der Waals surface area contributed by atoms with Gasteiger partial charge in [-0.05, 0) is 36.5 Å². The Hall–Kier alpha value is -1.17. The zero-order chi connectivity index (χ0) is 16.7. The number of nitrogens with zero attached hydrogens (tertiary/aromatic N) is 1. The molecule has 138 valence electrons. The summed E-state index contributed by atoms with van der Waals surface area (Å²) >= 11 is 0. The molecule has 0 radical (unpaired) electrons. The topological polar surface area (TPSA) is 52.6 Å². The molecule has 4 nitrogen and oxygen atoms in total. The fourth-order valence-corrected chi connectivity index (χ4v) is 4.86. The number of likely N-dealkylation sites (tertiary alicyclic amines) is 1. The van der Waals surface area contributed by atoms with E-state index in [2.05, 4.69) is 5.32 Å². The van der Waals surface area contributed by atoms with E-state index in [-0.39, 0.29) is 30.2 Å². The molecule has 2 aliphatic heterocycles. The lowest BCUT2D eigenvalue weighted by molar-refractivity contribution is -0.156. The van der Waals surface area contributed by atoms with Gasteiger partial charge in [0.25, 0.3) is 5.91 Å². The molecule has 0 unspecified atom stereocenters. The summed E-state index contributed by atoms with van der Waals surface area (Å²) in [4.78, 5) is 15.0. The quantitative estimate of drug-likeness (QED) is 0.843. The van der Waals surface area contributed by atoms with Gasteiger partial charge in [0.2, 0.25) is 0 Å². The van der Waals surface area contributed by atoms with Crippen LogP contribution in [0, 0.1) is 17.7 Å². The maximum absolute atomic E-state index is 13.8. The molecule has 0 spiro atoms. The fourth-order valence-electron chi connectivity index (χ4n) is 4.86. The zero-order valence-corrected chi connectivity index (χ0v) is 15.1. The van der Waals surface area contributed by atoms with Crippen LogP contribution in [0.2, 0.25) is 0 Å². The average molecular weight is 369 g/mol. The minimum atomic E-state index is -1.23. The van der Waals surface area contributed by atoms with Gasteiger partial charge in [0.1, 0.15) is 11.4 Å². The molecule has 4 rings (SSSR count). The van der Waals surface area contributed by atoms with E-state index in [1.54, 1.807) is 6.07 Å². The predicted molar refractivity (Wildman–Crippen MR) is 96.0 cm³/mol. The van der Waals surface area contributed by atoms with Crippen LogP contribution in [-0.4, -0.2) is 41.1 Å². The van der Waals surface area contributed by atoms with E-state index >= 15 is 0 Å². The van der Waals surface area contributed by atoms with Crippen molar-refractivity contribution in [3.8, 4) is 0 Å². The van der Waals surface area contributed by atoms with Crippen LogP contribution in [0.15, 0.2) is 24.3 Å². The van der Waals surface area contributed by atoms with Gasteiger partial charge >= 0.3 is 0 Å². The monoisotopic (exact) mass is 368 g/mol. The van der Waals surface area contributed by atoms with Crippen molar-refractivity contribution in [3.05, 3.63) is 35.6 Å². The maximum Gasteiger partial charge on any atom is 0.255 e. The summed E-state index contributed by atoms with van der Waals surface area (Å²) in [7, 11) is 0. The number of nitrogens with one attached hydrogen (secondary N) is 1. The van der Waals surface area contributed by atoms with Crippen molar-refractivity contribution in [2.75, 3.05) is 19.6 Å². The molecule has 2 N–H and O–H groups in total. The molecule has 0 bridgehead atoms. The average Bonchev–Trinajstić information content (AvgIpc) is 3.15. The van der Waals surface area contributed by atoms with E-state index in [9.17, 15) is 14.3 Å². The van der Waals surface area contributed by atoms with Crippen LogP contribution in [0.3, 0.4) is 0 Å². The zero-order valence-electron chi connectivity index (χ0n) is 14.3. The van der Waals surface area contributed by atoms with Crippen molar-refractivity contribution in [3.63, 3.8) is 0 Å². The molecule has 2 saturated heterocycles. The van der Waals surface area contributed by atoms with Crippen molar-refractivity contribution >= 4 is 18.3 Å². The van der Waals surface area contributed by atoms with E-state index < -0.39 is 5.60 Å². The number of halogens is 2. The molecule has 3 fully saturated rings. The highest BCUT2D eigenvalue weighted by molar-refractivity contribution is 5.86. The Morgan fingerprint density at radius 1 is 1.24 bits per heavy atom. The standard InChI is InChI=1S/C19H25FN2O2.ClH/c20-15-6-4-5-13(9-15)17-16-11-21-10-14(16)12-22(17)18(23)19(24)7-2-1-3-8-19;/h4-6,9,14,16-17,21,24H,1-3,7-8,10-12H2;1H/t14-,16-,17+;/m0./s1. The molecule has 3 aliphatic rings. The minimum absolute atomic E-state index is 0. The van der Waals surface area contributed by atoms with E-state index in [0.29, 0.717) is 31.2 Å². The Bertz CT molecular complexity index is 636. The van der Waals surface area contributed by atoms with Crippen LogP contribution in [0.4, 0.5) is 4.39 Å². The number of hydrogen-bond acceptors (Lipinski definition) is 3. The first kappa shape index (κ1) is 18.6. The second-order valence-corrected chi connectivity index (χ2v) is 7.63. The molecule has 25 heavy (non-hydrogen) atoms. The van der Waals surface area contributed by atoms with Crippen LogP contribution >= 0.6 is 12.4 Å². The van der Waals surface area contributed by atoms with Crippen molar-refractivity contribution in [1.29, 1.82) is 0 Å². The van der Waals surface area contributed by atoms with Gasteiger partial charge in [-0.25, -0.2) is 4.39 Å². The van der Waals surface area contributed by atoms with Crippen LogP contribution in [0.1, 0.15) is 43.7 Å². The van der Waals surface area contributed by atoms with Crippen molar-refractivity contribution in [2.24, 2.45) is 11.8 Å². The normalized spacial score (nSPS) is 30.6. The maximum atomic E-state index is 13.8. The van der Waals surface area contributed by atoms with Gasteiger partial charge in [-0.2, -0.15) is 0 Å². The van der Waals surface area contributed by atoms with Crippen molar-refractivity contribution in [1.82, 2.24) is 10.2 Å². The van der Waals surface area contributed by atoms with Gasteiger partial charge in [0.15, 0.2) is 0 Å². The second-order valence-electron chi connectivity index (χ2n) is 7.63. The number of carbonyl (C=O) groups excluding carboxylic acids is 1. The molecule has 1 saturated carbocycles. The van der Waals surface area contributed by atoms with E-state index in [1.807, 2.05) is 11.0 Å². The number of fused-ring (bicyclic) bond motifs is 1. The van der Waals surface area contributed by atoms with Gasteiger partial charge in [-0.15, -0.1) is 12.4 Å². The first-order valence-corrected chi connectivity index (χ1v) is 9.08. The Kier molecular flexibility index (Phi) is 5.37. The smallest absolute Gasteiger partial charge is 0.255 e. The van der Waals surface area contributed by atoms with Crippen LogP contribution < -0.4 is 5.32 Å². The Balaban J connectivity index is 0.00000182. The summed E-state index contributed by atoms with van der Waals surface area (Å²) in [6.07, 6.45) is 3.97. The van der Waals surface area contributed by atoms with Crippen LogP contribution in [0.5, 0.6) is 0 Å². The van der Waals surface area contributed by atoms with Crippen LogP contribution in [-0.2, 0) is 4.79 Å². The lowest BCUT2D eigenvalue weighted by Gasteiger charge is -2.37. The molecule has 1 aromatic rings. The summed E-state index contributed by atoms with van der Waals surface area (Å²) < 4.78 is 13.8. The summed E-state index contributed by atoms with van der Waals surface area (Å²) in [6.45, 7) is 2.38. The van der Waals surface area contributed by atoms with E-state index in [4.69, 9.17) is 0 Å². The van der Waals surface area contributed by atoms with Crippen LogP contribution in [0.25, 0.3) is 0 Å². The largest absolute Gasteiger partial charge is 0.380 e. The van der Waals surface area contributed by atoms with Gasteiger partial charge < -0.3 is 15.3 Å². The summed E-state index contributed by atoms with van der Waals surface area (Å²) in [5.41, 5.74) is -0.380. The lowest BCUT2D eigenvalue weighted by Crippen LogP contribution is -2.50. The van der Waals surface area contributed by atoms with Crippen molar-refractivity contribution < 1.29 is 14.3 Å². The summed E-state index contributed by atoms with van der Waals surface area (Å²) in [5, 5.41) is 14.3. The Morgan fingerprint density at radius 2 is 2.00 bits per heavy atom. The lowest BCUT2D eigenvalue weighted by atomic mass is 9.83. The molecule has 1 aliphatic carbocycles. The van der Waals surface area contributed by atoms with Crippen molar-refractivity contribution in [2.45, 2.75) is 43.7 Å². The fraction of sp³-hybridized carbons (Fsp3) is 0.632.